The number of carbonyl (C=O) groups excluding carboxylic acids is 1. The fraction of sp³-hybridized carbons (Fsp3) is 0.333. The highest BCUT2D eigenvalue weighted by molar-refractivity contribution is 9.10. The Morgan fingerprint density at radius 3 is 2.23 bits per heavy atom. The van der Waals surface area contributed by atoms with Crippen LogP contribution in [0.15, 0.2) is 40.9 Å². The highest BCUT2D eigenvalue weighted by Gasteiger charge is 2.30. The average Bonchev–Trinajstić information content (AvgIpc) is 2.54. The van der Waals surface area contributed by atoms with Gasteiger partial charge in [-0.2, -0.15) is 0 Å². The molecule has 138 valence electrons. The Morgan fingerprint density at radius 2 is 1.69 bits per heavy atom. The summed E-state index contributed by atoms with van der Waals surface area (Å²) in [6.07, 6.45) is 0.323. The Labute approximate surface area is 162 Å². The van der Waals surface area contributed by atoms with Gasteiger partial charge in [0.25, 0.3) is 0 Å². The SMILES string of the molecule is Cc1cc(C)cc(C[C@H](C(=O)O)[C@H](C)C(=O)Nc2ccc(C)c(Br)c2)c1. The fourth-order valence-corrected chi connectivity index (χ4v) is 3.41. The highest BCUT2D eigenvalue weighted by atomic mass is 79.9. The quantitative estimate of drug-likeness (QED) is 0.702. The minimum absolute atomic E-state index is 0.294. The number of carbonyl (C=O) groups is 2. The van der Waals surface area contributed by atoms with Gasteiger partial charge in [-0.25, -0.2) is 0 Å². The Bertz CT molecular complexity index is 812. The molecule has 26 heavy (non-hydrogen) atoms. The number of rotatable bonds is 6. The third kappa shape index (κ3) is 5.18. The van der Waals surface area contributed by atoms with Crippen LogP contribution in [-0.4, -0.2) is 17.0 Å². The molecule has 0 aliphatic rings. The molecule has 0 fully saturated rings. The number of carboxylic acids is 1. The molecule has 0 radical (unpaired) electrons. The summed E-state index contributed by atoms with van der Waals surface area (Å²) in [6.45, 7) is 7.60. The molecule has 0 spiro atoms. The number of carboxylic acid groups (broad SMARTS) is 1. The van der Waals surface area contributed by atoms with Crippen molar-refractivity contribution in [3.8, 4) is 0 Å². The first-order valence-electron chi connectivity index (χ1n) is 8.54. The lowest BCUT2D eigenvalue weighted by atomic mass is 9.86. The molecular formula is C21H24BrNO3. The first kappa shape index (κ1) is 20.2. The van der Waals surface area contributed by atoms with Gasteiger partial charge >= 0.3 is 5.97 Å². The summed E-state index contributed by atoms with van der Waals surface area (Å²) in [7, 11) is 0. The molecule has 2 atom stereocenters. The van der Waals surface area contributed by atoms with Crippen molar-refractivity contribution in [3.05, 3.63) is 63.1 Å². The fourth-order valence-electron chi connectivity index (χ4n) is 3.03. The molecule has 2 N–H and O–H groups in total. The van der Waals surface area contributed by atoms with Crippen molar-refractivity contribution < 1.29 is 14.7 Å². The van der Waals surface area contributed by atoms with Crippen LogP contribution < -0.4 is 5.32 Å². The average molecular weight is 418 g/mol. The molecule has 0 bridgehead atoms. The zero-order chi connectivity index (χ0) is 19.4. The Morgan fingerprint density at radius 1 is 1.08 bits per heavy atom. The van der Waals surface area contributed by atoms with E-state index in [1.165, 1.54) is 0 Å². The van der Waals surface area contributed by atoms with Gasteiger partial charge in [-0.3, -0.25) is 9.59 Å². The minimum atomic E-state index is -0.961. The maximum Gasteiger partial charge on any atom is 0.307 e. The van der Waals surface area contributed by atoms with E-state index in [-0.39, 0.29) is 5.91 Å². The predicted octanol–water partition coefficient (Wildman–Crippen LogP) is 4.89. The van der Waals surface area contributed by atoms with E-state index in [0.717, 1.165) is 26.7 Å². The summed E-state index contributed by atoms with van der Waals surface area (Å²) in [4.78, 5) is 24.4. The van der Waals surface area contributed by atoms with Gasteiger partial charge in [0.2, 0.25) is 5.91 Å². The van der Waals surface area contributed by atoms with E-state index in [4.69, 9.17) is 0 Å². The molecule has 5 heteroatoms. The minimum Gasteiger partial charge on any atom is -0.481 e. The molecule has 0 heterocycles. The second kappa shape index (κ2) is 8.49. The maximum atomic E-state index is 12.6. The van der Waals surface area contributed by atoms with Crippen LogP contribution in [0.1, 0.15) is 29.2 Å². The van der Waals surface area contributed by atoms with Crippen molar-refractivity contribution >= 4 is 33.5 Å². The lowest BCUT2D eigenvalue weighted by Crippen LogP contribution is -2.33. The third-order valence-electron chi connectivity index (χ3n) is 4.51. The molecule has 2 aromatic carbocycles. The van der Waals surface area contributed by atoms with Gasteiger partial charge in [0.1, 0.15) is 0 Å². The van der Waals surface area contributed by atoms with Crippen LogP contribution in [0.2, 0.25) is 0 Å². The lowest BCUT2D eigenvalue weighted by Gasteiger charge is -2.20. The molecule has 0 aliphatic carbocycles. The van der Waals surface area contributed by atoms with Gasteiger partial charge < -0.3 is 10.4 Å². The van der Waals surface area contributed by atoms with Crippen molar-refractivity contribution in [2.24, 2.45) is 11.8 Å². The maximum absolute atomic E-state index is 12.6. The van der Waals surface area contributed by atoms with E-state index in [1.807, 2.05) is 57.2 Å². The summed E-state index contributed by atoms with van der Waals surface area (Å²) in [5, 5.41) is 12.5. The molecule has 0 saturated heterocycles. The number of amides is 1. The van der Waals surface area contributed by atoms with Gasteiger partial charge in [0.05, 0.1) is 5.92 Å². The van der Waals surface area contributed by atoms with Gasteiger partial charge in [0.15, 0.2) is 0 Å². The molecular weight excluding hydrogens is 394 g/mol. The largest absolute Gasteiger partial charge is 0.481 e. The molecule has 0 aromatic heterocycles. The number of anilines is 1. The van der Waals surface area contributed by atoms with Gasteiger partial charge in [0, 0.05) is 16.1 Å². The van der Waals surface area contributed by atoms with Crippen LogP contribution in [0.25, 0.3) is 0 Å². The Balaban J connectivity index is 2.16. The van der Waals surface area contributed by atoms with E-state index in [9.17, 15) is 14.7 Å². The standard InChI is InChI=1S/C21H24BrNO3/c1-12-7-13(2)9-16(8-12)10-18(21(25)26)15(4)20(24)23-17-6-5-14(3)19(22)11-17/h5-9,11,15,18H,10H2,1-4H3,(H,23,24)(H,25,26)/t15-,18-/m0/s1. The summed E-state index contributed by atoms with van der Waals surface area (Å²) in [6, 6.07) is 11.5. The number of hydrogen-bond acceptors (Lipinski definition) is 2. The number of nitrogens with one attached hydrogen (secondary N) is 1. The molecule has 0 unspecified atom stereocenters. The molecule has 1 amide bonds. The summed E-state index contributed by atoms with van der Waals surface area (Å²) >= 11 is 3.44. The van der Waals surface area contributed by atoms with Crippen LogP contribution in [0.4, 0.5) is 5.69 Å². The number of aryl methyl sites for hydroxylation is 3. The van der Waals surface area contributed by atoms with E-state index in [1.54, 1.807) is 6.92 Å². The summed E-state index contributed by atoms with van der Waals surface area (Å²) in [5.74, 6) is -2.70. The smallest absolute Gasteiger partial charge is 0.307 e. The van der Waals surface area contributed by atoms with Gasteiger partial charge in [-0.1, -0.05) is 58.2 Å². The summed E-state index contributed by atoms with van der Waals surface area (Å²) in [5.41, 5.74) is 4.83. The lowest BCUT2D eigenvalue weighted by molar-refractivity contribution is -0.145. The molecule has 4 nitrogen and oxygen atoms in total. The van der Waals surface area contributed by atoms with Crippen molar-refractivity contribution in [2.75, 3.05) is 5.32 Å². The highest BCUT2D eigenvalue weighted by Crippen LogP contribution is 2.24. The van der Waals surface area contributed by atoms with Crippen LogP contribution in [0, 0.1) is 32.6 Å². The second-order valence-corrected chi connectivity index (χ2v) is 7.74. The number of halogens is 1. The first-order chi connectivity index (χ1) is 12.2. The number of aliphatic carboxylic acids is 1. The third-order valence-corrected chi connectivity index (χ3v) is 5.37. The van der Waals surface area contributed by atoms with Crippen molar-refractivity contribution in [2.45, 2.75) is 34.1 Å². The van der Waals surface area contributed by atoms with Crippen molar-refractivity contribution in [1.29, 1.82) is 0 Å². The molecule has 2 rings (SSSR count). The number of hydrogen-bond donors (Lipinski definition) is 2. The zero-order valence-electron chi connectivity index (χ0n) is 15.5. The van der Waals surface area contributed by atoms with E-state index >= 15 is 0 Å². The first-order valence-corrected chi connectivity index (χ1v) is 9.33. The van der Waals surface area contributed by atoms with Crippen molar-refractivity contribution in [3.63, 3.8) is 0 Å². The normalized spacial score (nSPS) is 13.1. The zero-order valence-corrected chi connectivity index (χ0v) is 17.1. The second-order valence-electron chi connectivity index (χ2n) is 6.89. The van der Waals surface area contributed by atoms with E-state index in [0.29, 0.717) is 12.1 Å². The monoisotopic (exact) mass is 417 g/mol. The Hall–Kier alpha value is -2.14. The van der Waals surface area contributed by atoms with Crippen molar-refractivity contribution in [1.82, 2.24) is 0 Å². The van der Waals surface area contributed by atoms with Crippen LogP contribution >= 0.6 is 15.9 Å². The Kier molecular flexibility index (Phi) is 6.59. The van der Waals surface area contributed by atoms with E-state index < -0.39 is 17.8 Å². The topological polar surface area (TPSA) is 66.4 Å². The molecule has 2 aromatic rings. The molecule has 0 aliphatic heterocycles. The van der Waals surface area contributed by atoms with Crippen LogP contribution in [0.5, 0.6) is 0 Å². The van der Waals surface area contributed by atoms with Gasteiger partial charge in [-0.15, -0.1) is 0 Å². The van der Waals surface area contributed by atoms with Crippen LogP contribution in [0.3, 0.4) is 0 Å². The number of benzene rings is 2. The predicted molar refractivity (Wildman–Crippen MR) is 107 cm³/mol. The summed E-state index contributed by atoms with van der Waals surface area (Å²) < 4.78 is 0.896. The van der Waals surface area contributed by atoms with Gasteiger partial charge in [-0.05, 0) is 50.5 Å². The van der Waals surface area contributed by atoms with Crippen LogP contribution in [-0.2, 0) is 16.0 Å². The van der Waals surface area contributed by atoms with E-state index in [2.05, 4.69) is 21.2 Å². The molecule has 0 saturated carbocycles.